The molecule has 0 atom stereocenters. The largest absolute Gasteiger partial charge is 0.394 e. The maximum Gasteiger partial charge on any atom is 0.344 e. The highest BCUT2D eigenvalue weighted by atomic mass is 28.4. The monoisotopic (exact) mass is 372 g/mol. The van der Waals surface area contributed by atoms with Crippen LogP contribution in [0.5, 0.6) is 0 Å². The van der Waals surface area contributed by atoms with Crippen molar-refractivity contribution in [2.45, 2.75) is 124 Å². The van der Waals surface area contributed by atoms with Gasteiger partial charge in [-0.15, -0.1) is 0 Å². The molecule has 0 unspecified atom stereocenters. The summed E-state index contributed by atoms with van der Waals surface area (Å²) in [4.78, 5) is 0. The van der Waals surface area contributed by atoms with Crippen molar-refractivity contribution in [2.75, 3.05) is 13.2 Å². The molecule has 3 heteroatoms. The van der Waals surface area contributed by atoms with Gasteiger partial charge in [0.05, 0.1) is 0 Å². The van der Waals surface area contributed by atoms with E-state index < -0.39 is 8.56 Å². The number of hydrogen-bond acceptors (Lipinski definition) is 2. The first-order valence-electron chi connectivity index (χ1n) is 11.2. The molecule has 0 saturated heterocycles. The van der Waals surface area contributed by atoms with Gasteiger partial charge in [-0.3, -0.25) is 0 Å². The molecule has 0 aliphatic rings. The van der Waals surface area contributed by atoms with Crippen molar-refractivity contribution < 1.29 is 8.85 Å². The van der Waals surface area contributed by atoms with Gasteiger partial charge in [0.25, 0.3) is 0 Å². The van der Waals surface area contributed by atoms with Gasteiger partial charge in [0, 0.05) is 18.3 Å². The molecule has 2 nitrogen and oxygen atoms in total. The Bertz CT molecular complexity index is 294. The summed E-state index contributed by atoms with van der Waals surface area (Å²) in [5.41, 5.74) is 0. The van der Waals surface area contributed by atoms with Crippen LogP contribution >= 0.6 is 0 Å². The Morgan fingerprint density at radius 2 is 1.20 bits per heavy atom. The lowest BCUT2D eigenvalue weighted by molar-refractivity contribution is 0.147. The van der Waals surface area contributed by atoms with Crippen LogP contribution in [0.25, 0.3) is 0 Å². The highest BCUT2D eigenvalue weighted by Crippen LogP contribution is 2.47. The van der Waals surface area contributed by atoms with E-state index in [0.717, 1.165) is 25.2 Å². The maximum atomic E-state index is 6.50. The SMILES string of the molecule is CCCCCCCCCC(C)(C)[Si](CC(CC)CC)(OCC)OCC. The summed E-state index contributed by atoms with van der Waals surface area (Å²) < 4.78 is 13.0. The van der Waals surface area contributed by atoms with Crippen molar-refractivity contribution in [2.24, 2.45) is 5.92 Å². The molecule has 0 aromatic carbocycles. The van der Waals surface area contributed by atoms with E-state index in [-0.39, 0.29) is 5.04 Å². The van der Waals surface area contributed by atoms with Crippen LogP contribution in [0.4, 0.5) is 0 Å². The lowest BCUT2D eigenvalue weighted by Gasteiger charge is -2.44. The smallest absolute Gasteiger partial charge is 0.344 e. The molecule has 0 saturated carbocycles. The van der Waals surface area contributed by atoms with Gasteiger partial charge in [0.2, 0.25) is 0 Å². The molecule has 0 amide bonds. The van der Waals surface area contributed by atoms with E-state index in [1.165, 1.54) is 64.2 Å². The summed E-state index contributed by atoms with van der Waals surface area (Å²) in [5, 5.41) is 0.186. The quantitative estimate of drug-likeness (QED) is 0.191. The Morgan fingerprint density at radius 3 is 1.64 bits per heavy atom. The normalized spacial score (nSPS) is 13.0. The van der Waals surface area contributed by atoms with Crippen LogP contribution in [0.15, 0.2) is 0 Å². The molecule has 25 heavy (non-hydrogen) atoms. The molecule has 0 radical (unpaired) electrons. The summed E-state index contributed by atoms with van der Waals surface area (Å²) in [7, 11) is -2.21. The van der Waals surface area contributed by atoms with Crippen LogP contribution in [0.2, 0.25) is 11.1 Å². The molecule has 0 heterocycles. The average Bonchev–Trinajstić information content (AvgIpc) is 2.58. The van der Waals surface area contributed by atoms with Gasteiger partial charge in [0.1, 0.15) is 0 Å². The molecule has 152 valence electrons. The van der Waals surface area contributed by atoms with Gasteiger partial charge in [-0.05, 0) is 32.2 Å². The summed E-state index contributed by atoms with van der Waals surface area (Å²) in [5.74, 6) is 0.734. The van der Waals surface area contributed by atoms with Crippen LogP contribution in [0.3, 0.4) is 0 Å². The number of hydrogen-bond donors (Lipinski definition) is 0. The van der Waals surface area contributed by atoms with E-state index >= 15 is 0 Å². The minimum absolute atomic E-state index is 0.186. The van der Waals surface area contributed by atoms with Crippen LogP contribution < -0.4 is 0 Å². The molecular weight excluding hydrogens is 324 g/mol. The predicted molar refractivity (Wildman–Crippen MR) is 115 cm³/mol. The molecule has 0 aliphatic heterocycles. The van der Waals surface area contributed by atoms with Crippen LogP contribution in [-0.4, -0.2) is 21.8 Å². The molecule has 0 rings (SSSR count). The minimum Gasteiger partial charge on any atom is -0.394 e. The maximum absolute atomic E-state index is 6.50. The topological polar surface area (TPSA) is 18.5 Å². The molecular formula is C22H48O2Si. The standard InChI is InChI=1S/C22H48O2Si/c1-8-13-14-15-16-17-18-19-22(6,7)25(23-11-4,24-12-5)20-21(9-2)10-3/h21H,8-20H2,1-7H3. The Balaban J connectivity index is 4.81. The van der Waals surface area contributed by atoms with E-state index in [2.05, 4.69) is 48.5 Å². The molecule has 0 aromatic heterocycles. The fraction of sp³-hybridized carbons (Fsp3) is 1.00. The van der Waals surface area contributed by atoms with Gasteiger partial charge in [-0.1, -0.05) is 92.4 Å². The van der Waals surface area contributed by atoms with E-state index in [0.29, 0.717) is 0 Å². The van der Waals surface area contributed by atoms with Crippen molar-refractivity contribution in [3.63, 3.8) is 0 Å². The van der Waals surface area contributed by atoms with Gasteiger partial charge < -0.3 is 8.85 Å². The Morgan fingerprint density at radius 1 is 0.720 bits per heavy atom. The van der Waals surface area contributed by atoms with E-state index in [1.54, 1.807) is 0 Å². The first kappa shape index (κ1) is 25.1. The summed E-state index contributed by atoms with van der Waals surface area (Å²) in [6.07, 6.45) is 13.3. The second-order valence-electron chi connectivity index (χ2n) is 8.26. The molecule has 0 aliphatic carbocycles. The van der Waals surface area contributed by atoms with Crippen LogP contribution in [0, 0.1) is 5.92 Å². The third kappa shape index (κ3) is 9.06. The Labute approximate surface area is 160 Å². The van der Waals surface area contributed by atoms with E-state index in [4.69, 9.17) is 8.85 Å². The summed E-state index contributed by atoms with van der Waals surface area (Å²) in [6, 6.07) is 1.16. The van der Waals surface area contributed by atoms with Crippen LogP contribution in [-0.2, 0) is 8.85 Å². The molecule has 0 aromatic rings. The molecule has 0 spiro atoms. The third-order valence-corrected chi connectivity index (χ3v) is 10.8. The first-order valence-corrected chi connectivity index (χ1v) is 13.2. The second kappa shape index (κ2) is 14.2. The van der Waals surface area contributed by atoms with Crippen molar-refractivity contribution in [3.05, 3.63) is 0 Å². The fourth-order valence-electron chi connectivity index (χ4n) is 3.96. The fourth-order valence-corrected chi connectivity index (χ4v) is 8.45. The van der Waals surface area contributed by atoms with Crippen molar-refractivity contribution in [1.82, 2.24) is 0 Å². The van der Waals surface area contributed by atoms with Gasteiger partial charge in [0.15, 0.2) is 0 Å². The highest BCUT2D eigenvalue weighted by Gasteiger charge is 2.52. The van der Waals surface area contributed by atoms with Crippen LogP contribution in [0.1, 0.15) is 113 Å². The van der Waals surface area contributed by atoms with Gasteiger partial charge >= 0.3 is 8.56 Å². The first-order chi connectivity index (χ1) is 11.9. The van der Waals surface area contributed by atoms with Crippen molar-refractivity contribution in [3.8, 4) is 0 Å². The summed E-state index contributed by atoms with van der Waals surface area (Å²) >= 11 is 0. The van der Waals surface area contributed by atoms with E-state index in [1.807, 2.05) is 0 Å². The highest BCUT2D eigenvalue weighted by molar-refractivity contribution is 6.70. The van der Waals surface area contributed by atoms with Gasteiger partial charge in [-0.25, -0.2) is 0 Å². The second-order valence-corrected chi connectivity index (χ2v) is 12.1. The molecule has 0 bridgehead atoms. The lowest BCUT2D eigenvalue weighted by atomic mass is 10.0. The molecule has 0 N–H and O–H groups in total. The van der Waals surface area contributed by atoms with Crippen molar-refractivity contribution in [1.29, 1.82) is 0 Å². The van der Waals surface area contributed by atoms with Gasteiger partial charge in [-0.2, -0.15) is 0 Å². The zero-order valence-electron chi connectivity index (χ0n) is 18.6. The predicted octanol–water partition coefficient (Wildman–Crippen LogP) is 7.86. The van der Waals surface area contributed by atoms with Crippen molar-refractivity contribution >= 4 is 8.56 Å². The average molecular weight is 373 g/mol. The Kier molecular flexibility index (Phi) is 14.3. The number of unbranched alkanes of at least 4 members (excludes halogenated alkanes) is 6. The minimum atomic E-state index is -2.21. The zero-order valence-corrected chi connectivity index (χ0v) is 19.6. The molecule has 0 fully saturated rings. The number of rotatable bonds is 17. The third-order valence-electron chi connectivity index (χ3n) is 5.90. The van der Waals surface area contributed by atoms with E-state index in [9.17, 15) is 0 Å². The lowest BCUT2D eigenvalue weighted by Crippen LogP contribution is -2.52. The zero-order chi connectivity index (χ0) is 19.2. The summed E-state index contributed by atoms with van der Waals surface area (Å²) in [6.45, 7) is 17.6. The Hall–Kier alpha value is 0.137.